The third-order valence-corrected chi connectivity index (χ3v) is 3.52. The van der Waals surface area contributed by atoms with Crippen molar-refractivity contribution in [2.75, 3.05) is 11.9 Å². The van der Waals surface area contributed by atoms with Crippen LogP contribution in [0.1, 0.15) is 17.3 Å². The summed E-state index contributed by atoms with van der Waals surface area (Å²) in [6.07, 6.45) is 0. The van der Waals surface area contributed by atoms with Crippen molar-refractivity contribution in [3.05, 3.63) is 70.2 Å². The van der Waals surface area contributed by atoms with Gasteiger partial charge in [-0.15, -0.1) is 0 Å². The standard InChI is InChI=1S/C17H15Cl2NO2/c1-11(2)10-22-16-6-4-3-5-13(16)17(21)20-12-7-8-14(18)15(19)9-12/h3-9H,1,10H2,2H3,(H,20,21). The molecule has 0 aliphatic rings. The highest BCUT2D eigenvalue weighted by atomic mass is 35.5. The van der Waals surface area contributed by atoms with Crippen LogP contribution in [0.3, 0.4) is 0 Å². The lowest BCUT2D eigenvalue weighted by Crippen LogP contribution is -2.14. The summed E-state index contributed by atoms with van der Waals surface area (Å²) in [7, 11) is 0. The lowest BCUT2D eigenvalue weighted by Gasteiger charge is -2.12. The second-order valence-electron chi connectivity index (χ2n) is 4.82. The Morgan fingerprint density at radius 2 is 1.91 bits per heavy atom. The van der Waals surface area contributed by atoms with Crippen molar-refractivity contribution in [3.63, 3.8) is 0 Å². The molecule has 2 aromatic rings. The number of para-hydroxylation sites is 1. The fourth-order valence-corrected chi connectivity index (χ4v) is 2.05. The van der Waals surface area contributed by atoms with E-state index in [1.807, 2.05) is 13.0 Å². The maximum Gasteiger partial charge on any atom is 0.259 e. The van der Waals surface area contributed by atoms with Crippen molar-refractivity contribution in [1.29, 1.82) is 0 Å². The smallest absolute Gasteiger partial charge is 0.259 e. The first-order chi connectivity index (χ1) is 10.5. The molecule has 0 aliphatic heterocycles. The Bertz CT molecular complexity index is 714. The molecule has 0 aromatic heterocycles. The molecule has 0 spiro atoms. The number of hydrogen-bond donors (Lipinski definition) is 1. The number of amides is 1. The maximum atomic E-state index is 12.4. The third kappa shape index (κ3) is 4.26. The summed E-state index contributed by atoms with van der Waals surface area (Å²) >= 11 is 11.8. The molecule has 0 unspecified atom stereocenters. The molecule has 0 fully saturated rings. The first-order valence-electron chi connectivity index (χ1n) is 6.60. The maximum absolute atomic E-state index is 12.4. The van der Waals surface area contributed by atoms with E-state index in [1.165, 1.54) is 0 Å². The molecule has 22 heavy (non-hydrogen) atoms. The summed E-state index contributed by atoms with van der Waals surface area (Å²) in [5.41, 5.74) is 1.88. The molecule has 0 radical (unpaired) electrons. The van der Waals surface area contributed by atoms with Gasteiger partial charge in [0.2, 0.25) is 0 Å². The molecule has 1 N–H and O–H groups in total. The second-order valence-corrected chi connectivity index (χ2v) is 5.64. The fraction of sp³-hybridized carbons (Fsp3) is 0.118. The summed E-state index contributed by atoms with van der Waals surface area (Å²) in [5.74, 6) is 0.221. The largest absolute Gasteiger partial charge is 0.488 e. The van der Waals surface area contributed by atoms with Gasteiger partial charge in [-0.3, -0.25) is 4.79 Å². The van der Waals surface area contributed by atoms with Crippen LogP contribution >= 0.6 is 23.2 Å². The molecule has 2 rings (SSSR count). The van der Waals surface area contributed by atoms with E-state index in [0.29, 0.717) is 33.7 Å². The van der Waals surface area contributed by atoms with E-state index in [9.17, 15) is 4.79 Å². The first kappa shape index (κ1) is 16.4. The van der Waals surface area contributed by atoms with Gasteiger partial charge in [0.15, 0.2) is 0 Å². The van der Waals surface area contributed by atoms with Crippen LogP contribution in [0.2, 0.25) is 10.0 Å². The number of halogens is 2. The third-order valence-electron chi connectivity index (χ3n) is 2.78. The van der Waals surface area contributed by atoms with Gasteiger partial charge < -0.3 is 10.1 Å². The molecule has 0 saturated heterocycles. The Hall–Kier alpha value is -1.97. The van der Waals surface area contributed by atoms with Gasteiger partial charge in [-0.1, -0.05) is 41.9 Å². The first-order valence-corrected chi connectivity index (χ1v) is 7.35. The van der Waals surface area contributed by atoms with Crippen LogP contribution in [0, 0.1) is 0 Å². The molecule has 0 atom stereocenters. The highest BCUT2D eigenvalue weighted by Crippen LogP contribution is 2.26. The van der Waals surface area contributed by atoms with E-state index in [0.717, 1.165) is 5.57 Å². The summed E-state index contributed by atoms with van der Waals surface area (Å²) in [6.45, 7) is 6.00. The van der Waals surface area contributed by atoms with E-state index in [1.54, 1.807) is 36.4 Å². The minimum atomic E-state index is -0.282. The average molecular weight is 336 g/mol. The zero-order chi connectivity index (χ0) is 16.1. The van der Waals surface area contributed by atoms with Crippen LogP contribution < -0.4 is 10.1 Å². The molecule has 0 heterocycles. The summed E-state index contributed by atoms with van der Waals surface area (Å²) in [4.78, 5) is 12.4. The minimum absolute atomic E-state index is 0.282. The van der Waals surface area contributed by atoms with Crippen LogP contribution in [0.25, 0.3) is 0 Å². The van der Waals surface area contributed by atoms with Crippen molar-refractivity contribution in [2.24, 2.45) is 0 Å². The molecule has 3 nitrogen and oxygen atoms in total. The quantitative estimate of drug-likeness (QED) is 0.762. The van der Waals surface area contributed by atoms with Crippen molar-refractivity contribution < 1.29 is 9.53 Å². The van der Waals surface area contributed by atoms with Crippen LogP contribution in [0.4, 0.5) is 5.69 Å². The molecule has 0 aliphatic carbocycles. The van der Waals surface area contributed by atoms with Gasteiger partial charge in [0, 0.05) is 5.69 Å². The van der Waals surface area contributed by atoms with E-state index in [4.69, 9.17) is 27.9 Å². The molecule has 1 amide bonds. The minimum Gasteiger partial charge on any atom is -0.488 e. The molecule has 0 saturated carbocycles. The zero-order valence-electron chi connectivity index (χ0n) is 12.0. The second kappa shape index (κ2) is 7.34. The molecule has 2 aromatic carbocycles. The summed E-state index contributed by atoms with van der Waals surface area (Å²) < 4.78 is 5.59. The molecular weight excluding hydrogens is 321 g/mol. The Morgan fingerprint density at radius 1 is 1.18 bits per heavy atom. The van der Waals surface area contributed by atoms with Gasteiger partial charge in [0.05, 0.1) is 15.6 Å². The van der Waals surface area contributed by atoms with Gasteiger partial charge in [-0.2, -0.15) is 0 Å². The fourth-order valence-electron chi connectivity index (χ4n) is 1.75. The Morgan fingerprint density at radius 3 is 2.59 bits per heavy atom. The van der Waals surface area contributed by atoms with Crippen LogP contribution in [0.15, 0.2) is 54.6 Å². The highest BCUT2D eigenvalue weighted by molar-refractivity contribution is 6.42. The van der Waals surface area contributed by atoms with Crippen molar-refractivity contribution >= 4 is 34.8 Å². The number of benzene rings is 2. The van der Waals surface area contributed by atoms with Crippen LogP contribution in [0.5, 0.6) is 5.75 Å². The topological polar surface area (TPSA) is 38.3 Å². The average Bonchev–Trinajstić information content (AvgIpc) is 2.49. The van der Waals surface area contributed by atoms with E-state index in [-0.39, 0.29) is 5.91 Å². The number of nitrogens with one attached hydrogen (secondary N) is 1. The normalized spacial score (nSPS) is 10.1. The summed E-state index contributed by atoms with van der Waals surface area (Å²) in [5, 5.41) is 3.59. The molecule has 5 heteroatoms. The summed E-state index contributed by atoms with van der Waals surface area (Å²) in [6, 6.07) is 11.9. The number of carbonyl (C=O) groups is 1. The SMILES string of the molecule is C=C(C)COc1ccccc1C(=O)Nc1ccc(Cl)c(Cl)c1. The van der Waals surface area contributed by atoms with E-state index >= 15 is 0 Å². The van der Waals surface area contributed by atoms with Crippen LogP contribution in [-0.2, 0) is 0 Å². The number of ether oxygens (including phenoxy) is 1. The van der Waals surface area contributed by atoms with Crippen LogP contribution in [-0.4, -0.2) is 12.5 Å². The zero-order valence-corrected chi connectivity index (χ0v) is 13.5. The molecule has 114 valence electrons. The van der Waals surface area contributed by atoms with Gasteiger partial charge >= 0.3 is 0 Å². The Labute approximate surface area is 139 Å². The number of anilines is 1. The Balaban J connectivity index is 2.18. The van der Waals surface area contributed by atoms with Crippen molar-refractivity contribution in [3.8, 4) is 5.75 Å². The van der Waals surface area contributed by atoms with E-state index < -0.39 is 0 Å². The lowest BCUT2D eigenvalue weighted by atomic mass is 10.2. The Kier molecular flexibility index (Phi) is 5.47. The highest BCUT2D eigenvalue weighted by Gasteiger charge is 2.13. The lowest BCUT2D eigenvalue weighted by molar-refractivity contribution is 0.102. The van der Waals surface area contributed by atoms with E-state index in [2.05, 4.69) is 11.9 Å². The van der Waals surface area contributed by atoms with Gasteiger partial charge in [-0.25, -0.2) is 0 Å². The van der Waals surface area contributed by atoms with Crippen molar-refractivity contribution in [1.82, 2.24) is 0 Å². The van der Waals surface area contributed by atoms with Gasteiger partial charge in [0.1, 0.15) is 12.4 Å². The van der Waals surface area contributed by atoms with Gasteiger partial charge in [-0.05, 0) is 42.8 Å². The number of rotatable bonds is 5. The predicted molar refractivity (Wildman–Crippen MR) is 91.2 cm³/mol. The molecular formula is C17H15Cl2NO2. The monoisotopic (exact) mass is 335 g/mol. The molecule has 0 bridgehead atoms. The van der Waals surface area contributed by atoms with Gasteiger partial charge in [0.25, 0.3) is 5.91 Å². The number of carbonyl (C=O) groups excluding carboxylic acids is 1. The van der Waals surface area contributed by atoms with Crippen molar-refractivity contribution in [2.45, 2.75) is 6.92 Å². The predicted octanol–water partition coefficient (Wildman–Crippen LogP) is 5.20. The number of hydrogen-bond acceptors (Lipinski definition) is 2.